The zero-order valence-corrected chi connectivity index (χ0v) is 12.4. The summed E-state index contributed by atoms with van der Waals surface area (Å²) in [6, 6.07) is 5.28. The van der Waals surface area contributed by atoms with Crippen molar-refractivity contribution in [2.45, 2.75) is 40.3 Å². The second-order valence-corrected chi connectivity index (χ2v) is 4.95. The Hall–Kier alpha value is -1.68. The van der Waals surface area contributed by atoms with Crippen LogP contribution in [0.4, 0.5) is 4.39 Å². The van der Waals surface area contributed by atoms with Crippen LogP contribution in [0.2, 0.25) is 0 Å². The van der Waals surface area contributed by atoms with Gasteiger partial charge in [0.15, 0.2) is 0 Å². The lowest BCUT2D eigenvalue weighted by Crippen LogP contribution is -2.13. The number of hydrogen-bond donors (Lipinski definition) is 1. The Bertz CT molecular complexity index is 575. The summed E-state index contributed by atoms with van der Waals surface area (Å²) >= 11 is 0. The van der Waals surface area contributed by atoms with Gasteiger partial charge >= 0.3 is 0 Å². The van der Waals surface area contributed by atoms with Crippen molar-refractivity contribution in [3.05, 3.63) is 41.5 Å². The average molecular weight is 275 g/mol. The first-order valence-electron chi connectivity index (χ1n) is 7.19. The first kappa shape index (κ1) is 14.7. The summed E-state index contributed by atoms with van der Waals surface area (Å²) < 4.78 is 15.8. The number of aromatic nitrogens is 2. The molecule has 1 aromatic carbocycles. The Balaban J connectivity index is 2.33. The number of benzene rings is 1. The minimum atomic E-state index is -0.159. The summed E-state index contributed by atoms with van der Waals surface area (Å²) in [5, 5.41) is 7.57. The number of aryl methyl sites for hydroxylation is 1. The van der Waals surface area contributed by atoms with Crippen LogP contribution in [0, 0.1) is 12.7 Å². The molecule has 0 aliphatic rings. The van der Waals surface area contributed by atoms with Gasteiger partial charge in [-0.25, -0.2) is 4.39 Å². The van der Waals surface area contributed by atoms with Gasteiger partial charge in [0.1, 0.15) is 5.82 Å². The van der Waals surface area contributed by atoms with E-state index in [9.17, 15) is 4.39 Å². The molecule has 2 aromatic rings. The van der Waals surface area contributed by atoms with Gasteiger partial charge in [-0.2, -0.15) is 5.10 Å². The largest absolute Gasteiger partial charge is 0.313 e. The van der Waals surface area contributed by atoms with Gasteiger partial charge in [0, 0.05) is 29.9 Å². The molecule has 1 N–H and O–H groups in total. The van der Waals surface area contributed by atoms with Gasteiger partial charge in [-0.3, -0.25) is 4.68 Å². The Morgan fingerprint density at radius 3 is 2.80 bits per heavy atom. The molecule has 0 unspecified atom stereocenters. The van der Waals surface area contributed by atoms with Crippen LogP contribution in [0.15, 0.2) is 24.4 Å². The van der Waals surface area contributed by atoms with Crippen molar-refractivity contribution < 1.29 is 4.39 Å². The molecule has 0 atom stereocenters. The summed E-state index contributed by atoms with van der Waals surface area (Å²) in [6.45, 7) is 8.51. The molecule has 0 aliphatic carbocycles. The minimum Gasteiger partial charge on any atom is -0.313 e. The first-order valence-corrected chi connectivity index (χ1v) is 7.19. The summed E-state index contributed by atoms with van der Waals surface area (Å²) in [7, 11) is 0. The summed E-state index contributed by atoms with van der Waals surface area (Å²) in [6.07, 6.45) is 2.92. The first-order chi connectivity index (χ1) is 9.67. The Labute approximate surface area is 119 Å². The molecule has 0 saturated carbocycles. The predicted molar refractivity (Wildman–Crippen MR) is 80.0 cm³/mol. The number of nitrogens with one attached hydrogen (secondary N) is 1. The van der Waals surface area contributed by atoms with Crippen molar-refractivity contribution in [2.75, 3.05) is 6.54 Å². The molecule has 0 aliphatic heterocycles. The van der Waals surface area contributed by atoms with Crippen LogP contribution in [0.3, 0.4) is 0 Å². The van der Waals surface area contributed by atoms with Gasteiger partial charge in [-0.1, -0.05) is 19.9 Å². The van der Waals surface area contributed by atoms with E-state index in [-0.39, 0.29) is 5.82 Å². The van der Waals surface area contributed by atoms with E-state index in [1.807, 2.05) is 29.9 Å². The molecule has 4 heteroatoms. The standard InChI is InChI=1S/C16H22FN3/c1-4-8-20-12(3)15(11-19-20)13-6-7-16(17)14(9-13)10-18-5-2/h6-7,9,11,18H,4-5,8,10H2,1-3H3. The molecule has 0 radical (unpaired) electrons. The van der Waals surface area contributed by atoms with E-state index in [4.69, 9.17) is 0 Å². The van der Waals surface area contributed by atoms with E-state index in [1.165, 1.54) is 0 Å². The maximum atomic E-state index is 13.8. The molecule has 1 heterocycles. The normalized spacial score (nSPS) is 11.0. The average Bonchev–Trinajstić information content (AvgIpc) is 2.80. The smallest absolute Gasteiger partial charge is 0.127 e. The molecule has 0 bridgehead atoms. The summed E-state index contributed by atoms with van der Waals surface area (Å²) in [5.74, 6) is -0.159. The van der Waals surface area contributed by atoms with E-state index in [2.05, 4.69) is 24.3 Å². The SMILES string of the molecule is CCCn1ncc(-c2ccc(F)c(CNCC)c2)c1C. The van der Waals surface area contributed by atoms with Crippen molar-refractivity contribution in [1.82, 2.24) is 15.1 Å². The van der Waals surface area contributed by atoms with Crippen molar-refractivity contribution in [1.29, 1.82) is 0 Å². The van der Waals surface area contributed by atoms with Crippen LogP contribution in [0.25, 0.3) is 11.1 Å². The molecular weight excluding hydrogens is 253 g/mol. The highest BCUT2D eigenvalue weighted by Gasteiger charge is 2.10. The number of halogens is 1. The van der Waals surface area contributed by atoms with Crippen LogP contribution in [-0.2, 0) is 13.1 Å². The van der Waals surface area contributed by atoms with Gasteiger partial charge < -0.3 is 5.32 Å². The van der Waals surface area contributed by atoms with Crippen LogP contribution >= 0.6 is 0 Å². The number of rotatable bonds is 6. The molecule has 2 rings (SSSR count). The van der Waals surface area contributed by atoms with Crippen molar-refractivity contribution in [3.63, 3.8) is 0 Å². The monoisotopic (exact) mass is 275 g/mol. The quantitative estimate of drug-likeness (QED) is 0.874. The van der Waals surface area contributed by atoms with Crippen molar-refractivity contribution >= 4 is 0 Å². The summed E-state index contributed by atoms with van der Waals surface area (Å²) in [4.78, 5) is 0. The molecule has 20 heavy (non-hydrogen) atoms. The van der Waals surface area contributed by atoms with Crippen LogP contribution in [-0.4, -0.2) is 16.3 Å². The van der Waals surface area contributed by atoms with Gasteiger partial charge in [0.2, 0.25) is 0 Å². The molecule has 0 spiro atoms. The fourth-order valence-electron chi connectivity index (χ4n) is 2.30. The third-order valence-electron chi connectivity index (χ3n) is 3.46. The van der Waals surface area contributed by atoms with Gasteiger partial charge in [0.05, 0.1) is 6.20 Å². The Morgan fingerprint density at radius 1 is 1.30 bits per heavy atom. The van der Waals surface area contributed by atoms with Crippen LogP contribution in [0.5, 0.6) is 0 Å². The molecule has 0 fully saturated rings. The topological polar surface area (TPSA) is 29.9 Å². The highest BCUT2D eigenvalue weighted by molar-refractivity contribution is 5.66. The predicted octanol–water partition coefficient (Wildman–Crippen LogP) is 3.52. The maximum Gasteiger partial charge on any atom is 0.127 e. The molecule has 108 valence electrons. The van der Waals surface area contributed by atoms with Crippen molar-refractivity contribution in [3.8, 4) is 11.1 Å². The lowest BCUT2D eigenvalue weighted by Gasteiger charge is -2.08. The summed E-state index contributed by atoms with van der Waals surface area (Å²) in [5.41, 5.74) is 3.94. The van der Waals surface area contributed by atoms with E-state index in [0.29, 0.717) is 12.1 Å². The Morgan fingerprint density at radius 2 is 2.10 bits per heavy atom. The fraction of sp³-hybridized carbons (Fsp3) is 0.438. The second-order valence-electron chi connectivity index (χ2n) is 4.95. The van der Waals surface area contributed by atoms with Crippen molar-refractivity contribution in [2.24, 2.45) is 0 Å². The Kier molecular flexibility index (Phi) is 4.90. The van der Waals surface area contributed by atoms with Crippen LogP contribution < -0.4 is 5.32 Å². The highest BCUT2D eigenvalue weighted by Crippen LogP contribution is 2.25. The van der Waals surface area contributed by atoms with E-state index < -0.39 is 0 Å². The van der Waals surface area contributed by atoms with Gasteiger partial charge in [0.25, 0.3) is 0 Å². The zero-order chi connectivity index (χ0) is 14.5. The minimum absolute atomic E-state index is 0.159. The van der Waals surface area contributed by atoms with Gasteiger partial charge in [-0.05, 0) is 37.6 Å². The molecule has 1 aromatic heterocycles. The zero-order valence-electron chi connectivity index (χ0n) is 12.4. The number of nitrogens with zero attached hydrogens (tertiary/aromatic N) is 2. The molecule has 3 nitrogen and oxygen atoms in total. The van der Waals surface area contributed by atoms with Crippen LogP contribution in [0.1, 0.15) is 31.5 Å². The van der Waals surface area contributed by atoms with E-state index in [0.717, 1.165) is 36.3 Å². The maximum absolute atomic E-state index is 13.8. The third-order valence-corrected chi connectivity index (χ3v) is 3.46. The number of hydrogen-bond acceptors (Lipinski definition) is 2. The molecular formula is C16H22FN3. The van der Waals surface area contributed by atoms with E-state index in [1.54, 1.807) is 6.07 Å². The second kappa shape index (κ2) is 6.66. The molecule has 0 saturated heterocycles. The third kappa shape index (κ3) is 3.07. The molecule has 0 amide bonds. The lowest BCUT2D eigenvalue weighted by molar-refractivity contribution is 0.587. The fourth-order valence-corrected chi connectivity index (χ4v) is 2.30. The lowest BCUT2D eigenvalue weighted by atomic mass is 10.0. The highest BCUT2D eigenvalue weighted by atomic mass is 19.1. The van der Waals surface area contributed by atoms with E-state index >= 15 is 0 Å². The van der Waals surface area contributed by atoms with Gasteiger partial charge in [-0.15, -0.1) is 0 Å².